The fraction of sp³-hybridized carbons (Fsp3) is 0.423. The average molecular weight is 498 g/mol. The highest BCUT2D eigenvalue weighted by Crippen LogP contribution is 2.48. The largest absolute Gasteiger partial charge is 1.00 e. The maximum Gasteiger partial charge on any atom is 0.244 e. The molecule has 2 aromatic rings. The molecule has 1 saturated carbocycles. The maximum absolute atomic E-state index is 13.2. The van der Waals surface area contributed by atoms with E-state index < -0.39 is 5.41 Å². The molecule has 2 atom stereocenters. The second kappa shape index (κ2) is 10.4. The smallest absolute Gasteiger partial charge is 0.244 e. The third kappa shape index (κ3) is 4.25. The van der Waals surface area contributed by atoms with Gasteiger partial charge in [0.25, 0.3) is 0 Å². The summed E-state index contributed by atoms with van der Waals surface area (Å²) in [5.74, 6) is 1.11. The van der Waals surface area contributed by atoms with Crippen LogP contribution in [0.3, 0.4) is 0 Å². The summed E-state index contributed by atoms with van der Waals surface area (Å²) in [4.78, 5) is 26.5. The van der Waals surface area contributed by atoms with Crippen LogP contribution in [0, 0.1) is 5.92 Å². The Morgan fingerprint density at radius 2 is 1.69 bits per heavy atom. The minimum absolute atomic E-state index is 0. The van der Waals surface area contributed by atoms with Gasteiger partial charge in [-0.1, -0.05) is 60.7 Å². The van der Waals surface area contributed by atoms with E-state index >= 15 is 0 Å². The van der Waals surface area contributed by atoms with Crippen molar-refractivity contribution in [2.24, 2.45) is 11.7 Å². The lowest BCUT2D eigenvalue weighted by Gasteiger charge is -2.37. The summed E-state index contributed by atoms with van der Waals surface area (Å²) in [6, 6.07) is 20.5. The predicted octanol–water partition coefficient (Wildman–Crippen LogP) is -0.0338. The van der Waals surface area contributed by atoms with Crippen LogP contribution < -0.4 is 22.7 Å². The second-order valence-corrected chi connectivity index (χ2v) is 8.75. The molecule has 0 spiro atoms. The first-order chi connectivity index (χ1) is 15.1. The highest BCUT2D eigenvalue weighted by Gasteiger charge is 2.52. The monoisotopic (exact) mass is 497 g/mol. The standard InChI is InChI=1S/C26H31N3O2.BrH/c1-20-28(15-8-18-30)16-17-29(20)24-14-13-23(19-24)26(25(27)31,21-9-4-2-5-10-21)22-11-6-3-7-12-22;/h2-7,9-12,18,23-24H,8,13-17,19H2,1H3,(H-,27,31);1H. The molecule has 2 aliphatic rings. The number of carbonyl (C=O) groups is 2. The van der Waals surface area contributed by atoms with Crippen molar-refractivity contribution in [3.05, 3.63) is 71.8 Å². The van der Waals surface area contributed by atoms with E-state index in [-0.39, 0.29) is 28.8 Å². The van der Waals surface area contributed by atoms with Gasteiger partial charge < -0.3 is 27.5 Å². The van der Waals surface area contributed by atoms with E-state index in [0.29, 0.717) is 12.5 Å². The van der Waals surface area contributed by atoms with E-state index in [9.17, 15) is 9.59 Å². The molecular weight excluding hydrogens is 466 g/mol. The zero-order valence-electron chi connectivity index (χ0n) is 18.6. The minimum atomic E-state index is -0.831. The Labute approximate surface area is 201 Å². The fourth-order valence-corrected chi connectivity index (χ4v) is 5.82. The number of nitrogens with zero attached hydrogens (tertiary/aromatic N) is 2. The number of amidine groups is 1. The third-order valence-corrected chi connectivity index (χ3v) is 7.31. The van der Waals surface area contributed by atoms with Gasteiger partial charge in [0.05, 0.1) is 12.6 Å². The molecule has 32 heavy (non-hydrogen) atoms. The first-order valence-electron chi connectivity index (χ1n) is 11.3. The number of hydrogen-bond acceptors (Lipinski definition) is 3. The minimum Gasteiger partial charge on any atom is -1.00 e. The maximum atomic E-state index is 13.2. The molecule has 170 valence electrons. The number of benzene rings is 2. The van der Waals surface area contributed by atoms with E-state index in [1.807, 2.05) is 60.7 Å². The molecule has 1 heterocycles. The quantitative estimate of drug-likeness (QED) is 0.411. The first-order valence-corrected chi connectivity index (χ1v) is 11.3. The molecule has 0 radical (unpaired) electrons. The molecule has 0 bridgehead atoms. The highest BCUT2D eigenvalue weighted by molar-refractivity contribution is 5.91. The molecule has 1 aliphatic heterocycles. The summed E-state index contributed by atoms with van der Waals surface area (Å²) in [6.45, 7) is 4.86. The number of rotatable bonds is 8. The van der Waals surface area contributed by atoms with Crippen molar-refractivity contribution in [3.8, 4) is 0 Å². The van der Waals surface area contributed by atoms with E-state index in [1.165, 1.54) is 5.84 Å². The van der Waals surface area contributed by atoms with Crippen LogP contribution in [0.2, 0.25) is 0 Å². The summed E-state index contributed by atoms with van der Waals surface area (Å²) in [7, 11) is 0. The molecule has 5 nitrogen and oxygen atoms in total. The van der Waals surface area contributed by atoms with Crippen molar-refractivity contribution in [3.63, 3.8) is 0 Å². The topological polar surface area (TPSA) is 66.4 Å². The van der Waals surface area contributed by atoms with Crippen molar-refractivity contribution >= 4 is 18.0 Å². The SMILES string of the molecule is CC1=[N+](CCC=O)CCN1C1CCC(C(C(N)=O)(c2ccccc2)c2ccccc2)C1.[Br-]. The molecule has 2 aromatic carbocycles. The van der Waals surface area contributed by atoms with Gasteiger partial charge in [-0.05, 0) is 36.3 Å². The van der Waals surface area contributed by atoms with Crippen molar-refractivity contribution in [1.82, 2.24) is 4.90 Å². The van der Waals surface area contributed by atoms with Gasteiger partial charge in [-0.15, -0.1) is 0 Å². The molecule has 4 rings (SSSR count). The Balaban J connectivity index is 0.00000289. The van der Waals surface area contributed by atoms with Crippen LogP contribution in [-0.2, 0) is 15.0 Å². The van der Waals surface area contributed by atoms with Crippen LogP contribution in [0.1, 0.15) is 43.7 Å². The molecule has 1 aliphatic carbocycles. The number of nitrogens with two attached hydrogens (primary N) is 1. The molecule has 1 amide bonds. The summed E-state index contributed by atoms with van der Waals surface area (Å²) in [5, 5.41) is 0. The molecule has 0 aromatic heterocycles. The van der Waals surface area contributed by atoms with E-state index in [4.69, 9.17) is 5.73 Å². The van der Waals surface area contributed by atoms with Crippen LogP contribution in [0.25, 0.3) is 0 Å². The Kier molecular flexibility index (Phi) is 7.88. The number of aldehydes is 1. The molecule has 2 N–H and O–H groups in total. The zero-order valence-corrected chi connectivity index (χ0v) is 20.2. The van der Waals surface area contributed by atoms with Gasteiger partial charge >= 0.3 is 0 Å². The fourth-order valence-electron chi connectivity index (χ4n) is 5.82. The van der Waals surface area contributed by atoms with E-state index in [1.54, 1.807) is 0 Å². The van der Waals surface area contributed by atoms with Crippen LogP contribution in [0.15, 0.2) is 60.7 Å². The first kappa shape index (κ1) is 24.2. The lowest BCUT2D eigenvalue weighted by atomic mass is 9.64. The van der Waals surface area contributed by atoms with Gasteiger partial charge in [0.1, 0.15) is 24.8 Å². The number of primary amides is 1. The number of amides is 1. The summed E-state index contributed by atoms with van der Waals surface area (Å²) in [6.07, 6.45) is 4.47. The normalized spacial score (nSPS) is 20.8. The van der Waals surface area contributed by atoms with Crippen molar-refractivity contribution in [1.29, 1.82) is 0 Å². The summed E-state index contributed by atoms with van der Waals surface area (Å²) in [5.41, 5.74) is 7.35. The van der Waals surface area contributed by atoms with Gasteiger partial charge in [0, 0.05) is 13.3 Å². The van der Waals surface area contributed by atoms with Gasteiger partial charge in [-0.3, -0.25) is 14.3 Å². The van der Waals surface area contributed by atoms with E-state index in [0.717, 1.165) is 56.3 Å². The third-order valence-electron chi connectivity index (χ3n) is 7.31. The highest BCUT2D eigenvalue weighted by atomic mass is 79.9. The molecule has 6 heteroatoms. The Bertz CT molecular complexity index is 922. The summed E-state index contributed by atoms with van der Waals surface area (Å²) >= 11 is 0. The average Bonchev–Trinajstić information content (AvgIpc) is 3.41. The number of halogens is 1. The Morgan fingerprint density at radius 1 is 1.09 bits per heavy atom. The van der Waals surface area contributed by atoms with Crippen molar-refractivity contribution in [2.45, 2.75) is 44.1 Å². The van der Waals surface area contributed by atoms with Crippen LogP contribution >= 0.6 is 0 Å². The lowest BCUT2D eigenvalue weighted by Crippen LogP contribution is -3.00. The zero-order chi connectivity index (χ0) is 21.8. The van der Waals surface area contributed by atoms with Crippen molar-refractivity contribution in [2.75, 3.05) is 19.6 Å². The Hall–Kier alpha value is -2.47. The predicted molar refractivity (Wildman–Crippen MR) is 122 cm³/mol. The van der Waals surface area contributed by atoms with Crippen molar-refractivity contribution < 1.29 is 31.1 Å². The lowest BCUT2D eigenvalue weighted by molar-refractivity contribution is -0.517. The van der Waals surface area contributed by atoms with Gasteiger partial charge in [0.15, 0.2) is 0 Å². The molecule has 2 unspecified atom stereocenters. The second-order valence-electron chi connectivity index (χ2n) is 8.75. The van der Waals surface area contributed by atoms with E-state index in [2.05, 4.69) is 16.4 Å². The van der Waals surface area contributed by atoms with Crippen LogP contribution in [-0.4, -0.2) is 53.2 Å². The van der Waals surface area contributed by atoms with Crippen LogP contribution in [0.5, 0.6) is 0 Å². The number of hydrogen-bond donors (Lipinski definition) is 1. The number of carbonyl (C=O) groups excluding carboxylic acids is 2. The molecular formula is C26H32BrN3O2. The summed E-state index contributed by atoms with van der Waals surface area (Å²) < 4.78 is 2.30. The van der Waals surface area contributed by atoms with Crippen LogP contribution in [0.4, 0.5) is 0 Å². The van der Waals surface area contributed by atoms with Gasteiger partial charge in [0.2, 0.25) is 11.7 Å². The van der Waals surface area contributed by atoms with Gasteiger partial charge in [-0.2, -0.15) is 0 Å². The molecule has 1 fully saturated rings. The van der Waals surface area contributed by atoms with Gasteiger partial charge in [-0.25, -0.2) is 0 Å². The Morgan fingerprint density at radius 3 is 2.22 bits per heavy atom. The molecule has 0 saturated heterocycles.